The number of nitrogens with one attached hydrogen (secondary N) is 2. The Kier molecular flexibility index (Phi) is 7.68. The molecule has 0 radical (unpaired) electrons. The van der Waals surface area contributed by atoms with Crippen molar-refractivity contribution in [1.82, 2.24) is 15.4 Å². The molecule has 0 aliphatic rings. The number of aryl methyl sites for hydroxylation is 1. The fraction of sp³-hybridized carbons (Fsp3) is 0.273. The van der Waals surface area contributed by atoms with Crippen LogP contribution in [0.1, 0.15) is 31.5 Å². The van der Waals surface area contributed by atoms with Gasteiger partial charge in [-0.1, -0.05) is 12.1 Å². The van der Waals surface area contributed by atoms with E-state index in [0.29, 0.717) is 29.0 Å². The second-order valence-corrected chi connectivity index (χ2v) is 6.80. The molecule has 1 heterocycles. The minimum absolute atomic E-state index is 0.0203. The van der Waals surface area contributed by atoms with Crippen molar-refractivity contribution in [3.63, 3.8) is 0 Å². The number of hydrazone groups is 1. The zero-order chi connectivity index (χ0) is 23.8. The van der Waals surface area contributed by atoms with Crippen molar-refractivity contribution in [2.24, 2.45) is 5.10 Å². The molecule has 2 aromatic carbocycles. The summed E-state index contributed by atoms with van der Waals surface area (Å²) in [5.41, 5.74) is 3.56. The minimum atomic E-state index is -0.565. The van der Waals surface area contributed by atoms with Crippen molar-refractivity contribution in [2.45, 2.75) is 26.7 Å². The van der Waals surface area contributed by atoms with Crippen LogP contribution < -0.4 is 20.5 Å². The number of hydrogen-bond donors (Lipinski definition) is 2. The lowest BCUT2D eigenvalue weighted by molar-refractivity contribution is -0.385. The number of rotatable bonds is 10. The van der Waals surface area contributed by atoms with Crippen LogP contribution in [0.4, 0.5) is 5.69 Å². The Balaban J connectivity index is 1.69. The number of nitrogens with zero attached hydrogens (tertiary/aromatic N) is 3. The molecule has 0 spiro atoms. The summed E-state index contributed by atoms with van der Waals surface area (Å²) in [6, 6.07) is 9.81. The Morgan fingerprint density at radius 1 is 1.21 bits per heavy atom. The highest BCUT2D eigenvalue weighted by Gasteiger charge is 2.19. The summed E-state index contributed by atoms with van der Waals surface area (Å²) in [7, 11) is 0. The van der Waals surface area contributed by atoms with Crippen molar-refractivity contribution in [2.75, 3.05) is 13.2 Å². The number of nitro benzene ring substituents is 1. The number of ether oxygens (including phenoxy) is 2. The number of para-hydroxylation sites is 2. The van der Waals surface area contributed by atoms with Gasteiger partial charge in [0.2, 0.25) is 11.7 Å². The van der Waals surface area contributed by atoms with Gasteiger partial charge in [-0.3, -0.25) is 19.7 Å². The van der Waals surface area contributed by atoms with E-state index in [1.807, 2.05) is 0 Å². The molecule has 172 valence electrons. The maximum Gasteiger partial charge on any atom is 0.311 e. The van der Waals surface area contributed by atoms with Gasteiger partial charge in [0.05, 0.1) is 35.4 Å². The molecule has 0 bridgehead atoms. The van der Waals surface area contributed by atoms with Crippen molar-refractivity contribution in [3.8, 4) is 11.5 Å². The average Bonchev–Trinajstić information content (AvgIpc) is 2.79. The molecule has 0 atom stereocenters. The predicted molar refractivity (Wildman–Crippen MR) is 122 cm³/mol. The molecule has 0 aliphatic carbocycles. The van der Waals surface area contributed by atoms with Crippen LogP contribution >= 0.6 is 0 Å². The van der Waals surface area contributed by atoms with Crippen LogP contribution in [0, 0.1) is 10.1 Å². The summed E-state index contributed by atoms with van der Waals surface area (Å²) in [6.07, 6.45) is 1.36. The van der Waals surface area contributed by atoms with Gasteiger partial charge < -0.3 is 14.5 Å². The molecule has 1 aromatic heterocycles. The lowest BCUT2D eigenvalue weighted by Crippen LogP contribution is -2.21. The quantitative estimate of drug-likeness (QED) is 0.272. The van der Waals surface area contributed by atoms with E-state index < -0.39 is 10.8 Å². The van der Waals surface area contributed by atoms with E-state index in [4.69, 9.17) is 9.47 Å². The van der Waals surface area contributed by atoms with Crippen LogP contribution in [-0.4, -0.2) is 40.2 Å². The molecule has 0 fully saturated rings. The molecule has 33 heavy (non-hydrogen) atoms. The molecule has 0 aliphatic heterocycles. The zero-order valence-electron chi connectivity index (χ0n) is 18.2. The average molecular weight is 453 g/mol. The van der Waals surface area contributed by atoms with Gasteiger partial charge in [-0.2, -0.15) is 5.10 Å². The molecule has 2 N–H and O–H groups in total. The van der Waals surface area contributed by atoms with Gasteiger partial charge in [-0.15, -0.1) is 0 Å². The first-order chi connectivity index (χ1) is 15.9. The topological polar surface area (TPSA) is 149 Å². The maximum absolute atomic E-state index is 12.2. The second kappa shape index (κ2) is 10.8. The van der Waals surface area contributed by atoms with E-state index in [1.54, 1.807) is 38.1 Å². The van der Waals surface area contributed by atoms with E-state index in [0.717, 1.165) is 0 Å². The number of nitro groups is 1. The minimum Gasteiger partial charge on any atom is -0.493 e. The fourth-order valence-corrected chi connectivity index (χ4v) is 3.06. The van der Waals surface area contributed by atoms with Crippen molar-refractivity contribution in [3.05, 3.63) is 68.1 Å². The lowest BCUT2D eigenvalue weighted by atomic mass is 10.1. The number of benzene rings is 2. The van der Waals surface area contributed by atoms with E-state index in [9.17, 15) is 19.7 Å². The highest BCUT2D eigenvalue weighted by Crippen LogP contribution is 2.34. The van der Waals surface area contributed by atoms with Gasteiger partial charge in [0.15, 0.2) is 0 Å². The number of carbonyl (C=O) groups is 1. The predicted octanol–water partition coefficient (Wildman–Crippen LogP) is 2.71. The van der Waals surface area contributed by atoms with Gasteiger partial charge in [0.25, 0.3) is 5.56 Å². The largest absolute Gasteiger partial charge is 0.493 e. The van der Waals surface area contributed by atoms with Gasteiger partial charge in [-0.05, 0) is 26.0 Å². The standard InChI is InChI=1S/C22H23N5O6/c1-3-32-19-12-20(33-4-2)18(27(30)31)11-14(19)13-23-26-21(28)10-9-17-22(29)25-16-8-6-5-7-15(16)24-17/h5-8,11-13H,3-4,9-10H2,1-2H3,(H,25,29)(H,26,28)/b23-13-. The van der Waals surface area contributed by atoms with Crippen LogP contribution in [0.2, 0.25) is 0 Å². The first-order valence-corrected chi connectivity index (χ1v) is 10.3. The third kappa shape index (κ3) is 5.91. The van der Waals surface area contributed by atoms with Gasteiger partial charge in [0.1, 0.15) is 11.4 Å². The van der Waals surface area contributed by atoms with Crippen LogP contribution in [0.3, 0.4) is 0 Å². The van der Waals surface area contributed by atoms with Crippen molar-refractivity contribution >= 4 is 28.8 Å². The van der Waals surface area contributed by atoms with Crippen LogP contribution in [-0.2, 0) is 11.2 Å². The molecule has 0 saturated heterocycles. The van der Waals surface area contributed by atoms with E-state index >= 15 is 0 Å². The highest BCUT2D eigenvalue weighted by molar-refractivity contribution is 5.87. The number of carbonyl (C=O) groups excluding carboxylic acids is 1. The van der Waals surface area contributed by atoms with Gasteiger partial charge in [0, 0.05) is 30.5 Å². The lowest BCUT2D eigenvalue weighted by Gasteiger charge is -2.10. The molecular weight excluding hydrogens is 430 g/mol. The molecule has 1 amide bonds. The molecule has 11 nitrogen and oxygen atoms in total. The number of aromatic amines is 1. The van der Waals surface area contributed by atoms with E-state index in [-0.39, 0.29) is 42.1 Å². The van der Waals surface area contributed by atoms with Crippen molar-refractivity contribution < 1.29 is 19.2 Å². The number of hydrogen-bond acceptors (Lipinski definition) is 8. The Hall–Kier alpha value is -4.28. The third-order valence-corrected chi connectivity index (χ3v) is 4.54. The highest BCUT2D eigenvalue weighted by atomic mass is 16.6. The summed E-state index contributed by atoms with van der Waals surface area (Å²) in [4.78, 5) is 42.2. The molecule has 11 heteroatoms. The van der Waals surface area contributed by atoms with Gasteiger partial charge >= 0.3 is 5.69 Å². The smallest absolute Gasteiger partial charge is 0.311 e. The van der Waals surface area contributed by atoms with Crippen LogP contribution in [0.5, 0.6) is 11.5 Å². The summed E-state index contributed by atoms with van der Waals surface area (Å²) in [5, 5.41) is 15.2. The summed E-state index contributed by atoms with van der Waals surface area (Å²) >= 11 is 0. The molecule has 3 rings (SSSR count). The third-order valence-electron chi connectivity index (χ3n) is 4.54. The van der Waals surface area contributed by atoms with Crippen molar-refractivity contribution in [1.29, 1.82) is 0 Å². The second-order valence-electron chi connectivity index (χ2n) is 6.80. The maximum atomic E-state index is 12.2. The Bertz CT molecular complexity index is 1250. The van der Waals surface area contributed by atoms with Crippen LogP contribution in [0.25, 0.3) is 11.0 Å². The first kappa shape index (κ1) is 23.4. The molecule has 3 aromatic rings. The van der Waals surface area contributed by atoms with E-state index in [2.05, 4.69) is 20.5 Å². The number of amides is 1. The molecule has 0 saturated carbocycles. The number of fused-ring (bicyclic) bond motifs is 1. The van der Waals surface area contributed by atoms with Crippen LogP contribution in [0.15, 0.2) is 46.3 Å². The zero-order valence-corrected chi connectivity index (χ0v) is 18.2. The molecular formula is C22H23N5O6. The number of H-pyrrole nitrogens is 1. The summed E-state index contributed by atoms with van der Waals surface area (Å²) in [6.45, 7) is 4.07. The summed E-state index contributed by atoms with van der Waals surface area (Å²) < 4.78 is 10.8. The molecule has 0 unspecified atom stereocenters. The Morgan fingerprint density at radius 3 is 2.67 bits per heavy atom. The SMILES string of the molecule is CCOc1cc(OCC)c([N+](=O)[O-])cc1/C=N\NC(=O)CCc1nc2ccccc2[nH]c1=O. The monoisotopic (exact) mass is 453 g/mol. The Morgan fingerprint density at radius 2 is 1.94 bits per heavy atom. The van der Waals surface area contributed by atoms with Gasteiger partial charge in [-0.25, -0.2) is 10.4 Å². The summed E-state index contributed by atoms with van der Waals surface area (Å²) in [5.74, 6) is -0.0318. The Labute approximate surface area is 188 Å². The fourth-order valence-electron chi connectivity index (χ4n) is 3.06. The normalized spacial score (nSPS) is 11.0. The number of aromatic nitrogens is 2. The van der Waals surface area contributed by atoms with E-state index in [1.165, 1.54) is 18.3 Å². The first-order valence-electron chi connectivity index (χ1n) is 10.3.